The number of nitrogens with zero attached hydrogens (tertiary/aromatic N) is 6. The molecule has 3 aliphatic rings. The highest BCUT2D eigenvalue weighted by Gasteiger charge is 2.49. The largest absolute Gasteiger partial charge is 0.489 e. The molecule has 2 aromatic carbocycles. The Balaban J connectivity index is 1.37. The van der Waals surface area contributed by atoms with Gasteiger partial charge in [-0.1, -0.05) is 23.7 Å². The van der Waals surface area contributed by atoms with Crippen molar-refractivity contribution >= 4 is 60.6 Å². The summed E-state index contributed by atoms with van der Waals surface area (Å²) in [6.45, 7) is 5.20. The molecule has 50 heavy (non-hydrogen) atoms. The molecule has 2 saturated heterocycles. The molecule has 3 aliphatic heterocycles. The van der Waals surface area contributed by atoms with Gasteiger partial charge in [-0.3, -0.25) is 4.90 Å². The lowest BCUT2D eigenvalue weighted by atomic mass is 9.95. The van der Waals surface area contributed by atoms with Crippen LogP contribution >= 0.6 is 22.9 Å². The number of hydrogen-bond donors (Lipinski definition) is 2. The second-order valence-corrected chi connectivity index (χ2v) is 14.7. The van der Waals surface area contributed by atoms with E-state index >= 15 is 8.78 Å². The maximum atomic E-state index is 17.3. The fraction of sp³-hybridized carbons (Fsp3) is 0.371. The molecule has 6 heterocycles. The molecule has 10 nitrogen and oxygen atoms in total. The van der Waals surface area contributed by atoms with Gasteiger partial charge in [0.1, 0.15) is 53.4 Å². The highest BCUT2D eigenvalue weighted by atomic mass is 35.5. The van der Waals surface area contributed by atoms with Crippen molar-refractivity contribution in [3.8, 4) is 29.0 Å². The Kier molecular flexibility index (Phi) is 7.85. The lowest BCUT2D eigenvalue weighted by molar-refractivity contribution is 0.107. The summed E-state index contributed by atoms with van der Waals surface area (Å²) in [6, 6.07) is 7.35. The van der Waals surface area contributed by atoms with Gasteiger partial charge in [0.2, 0.25) is 0 Å². The highest BCUT2D eigenvalue weighted by Crippen LogP contribution is 2.52. The van der Waals surface area contributed by atoms with Gasteiger partial charge in [-0.15, -0.1) is 11.3 Å². The van der Waals surface area contributed by atoms with E-state index in [0.29, 0.717) is 30.2 Å². The van der Waals surface area contributed by atoms with E-state index < -0.39 is 29.4 Å². The Morgan fingerprint density at radius 1 is 1.24 bits per heavy atom. The van der Waals surface area contributed by atoms with Crippen molar-refractivity contribution in [1.29, 1.82) is 5.26 Å². The van der Waals surface area contributed by atoms with Crippen LogP contribution in [-0.2, 0) is 0 Å². The fourth-order valence-corrected chi connectivity index (χ4v) is 9.29. The van der Waals surface area contributed by atoms with Crippen molar-refractivity contribution in [2.24, 2.45) is 0 Å². The average Bonchev–Trinajstić information content (AvgIpc) is 3.70. The molecule has 4 N–H and O–H groups in total. The van der Waals surface area contributed by atoms with Crippen molar-refractivity contribution in [2.75, 3.05) is 42.7 Å². The Bertz CT molecular complexity index is 2250. The Morgan fingerprint density at radius 3 is 2.84 bits per heavy atom. The molecular weight excluding hydrogens is 689 g/mol. The topological polar surface area (TPSA) is 139 Å². The van der Waals surface area contributed by atoms with Crippen LogP contribution in [0.1, 0.15) is 50.3 Å². The first-order valence-electron chi connectivity index (χ1n) is 16.3. The predicted octanol–water partition coefficient (Wildman–Crippen LogP) is 7.18. The summed E-state index contributed by atoms with van der Waals surface area (Å²) in [6.07, 6.45) is 2.62. The molecule has 0 amide bonds. The maximum Gasteiger partial charge on any atom is 0.319 e. The number of hydrogen-bond acceptors (Lipinski definition) is 11. The number of rotatable bonds is 6. The van der Waals surface area contributed by atoms with Crippen LogP contribution in [0, 0.1) is 23.0 Å². The first-order chi connectivity index (χ1) is 24.0. The summed E-state index contributed by atoms with van der Waals surface area (Å²) in [5.41, 5.74) is 12.5. The smallest absolute Gasteiger partial charge is 0.319 e. The number of thiophene rings is 1. The zero-order valence-electron chi connectivity index (χ0n) is 27.1. The van der Waals surface area contributed by atoms with E-state index in [1.54, 1.807) is 12.3 Å². The molecule has 3 aromatic heterocycles. The van der Waals surface area contributed by atoms with Gasteiger partial charge >= 0.3 is 6.01 Å². The van der Waals surface area contributed by atoms with Gasteiger partial charge < -0.3 is 25.8 Å². The second kappa shape index (κ2) is 12.0. The van der Waals surface area contributed by atoms with E-state index in [0.717, 1.165) is 30.7 Å². The van der Waals surface area contributed by atoms with Gasteiger partial charge in [-0.2, -0.15) is 15.2 Å². The molecule has 0 unspecified atom stereocenters. The van der Waals surface area contributed by atoms with Crippen molar-refractivity contribution in [1.82, 2.24) is 19.9 Å². The maximum absolute atomic E-state index is 17.3. The minimum Gasteiger partial charge on any atom is -0.489 e. The average molecular weight is 721 g/mol. The van der Waals surface area contributed by atoms with Crippen LogP contribution in [0.25, 0.3) is 32.1 Å². The molecule has 258 valence electrons. The quantitative estimate of drug-likeness (QED) is 0.185. The fourth-order valence-electron chi connectivity index (χ4n) is 8.01. The number of aromatic nitrogens is 3. The van der Waals surface area contributed by atoms with Crippen LogP contribution in [-0.4, -0.2) is 63.9 Å². The number of ether oxygens (including phenoxy) is 2. The standard InChI is InChI=1S/C35H32ClF3N8O2S/c1-16-14-48-29-25-28(27(39)24(26(29)36)20-6-7-22(38)30-23(20)21(12-40)32(42)50-30)44-34(49-15-35-8-4-10-46(35)13-18(37)11-35)45-33(25)47(16)17(2)19-5-3-9-43-31(19)41/h3,5-7,9,16-18H,4,8,10-11,13-15,42H2,1-2H3,(H2,41,43)/t16-,17-,18-,35+/m1/s1. The molecule has 15 heteroatoms. The number of halogens is 4. The van der Waals surface area contributed by atoms with Gasteiger partial charge in [-0.25, -0.2) is 18.2 Å². The van der Waals surface area contributed by atoms with E-state index in [4.69, 9.17) is 37.5 Å². The van der Waals surface area contributed by atoms with E-state index in [1.165, 1.54) is 12.1 Å². The number of nitriles is 1. The number of nitrogens with two attached hydrogens (primary N) is 2. The van der Waals surface area contributed by atoms with Crippen LogP contribution in [0.4, 0.5) is 29.8 Å². The molecule has 8 rings (SSSR count). The number of benzene rings is 2. The third-order valence-electron chi connectivity index (χ3n) is 10.3. The normalized spacial score (nSPS) is 22.4. The van der Waals surface area contributed by atoms with Crippen LogP contribution in [0.15, 0.2) is 30.5 Å². The van der Waals surface area contributed by atoms with Gasteiger partial charge in [0, 0.05) is 35.7 Å². The molecule has 0 radical (unpaired) electrons. The first-order valence-corrected chi connectivity index (χ1v) is 17.5. The first kappa shape index (κ1) is 32.6. The van der Waals surface area contributed by atoms with Crippen molar-refractivity contribution < 1.29 is 22.6 Å². The minimum atomic E-state index is -0.970. The van der Waals surface area contributed by atoms with E-state index in [2.05, 4.69) is 14.9 Å². The Morgan fingerprint density at radius 2 is 2.06 bits per heavy atom. The number of alkyl halides is 1. The van der Waals surface area contributed by atoms with Crippen molar-refractivity contribution in [3.05, 3.63) is 58.2 Å². The molecular formula is C35H32ClF3N8O2S. The molecule has 0 bridgehead atoms. The zero-order valence-corrected chi connectivity index (χ0v) is 28.7. The summed E-state index contributed by atoms with van der Waals surface area (Å²) in [7, 11) is 0. The summed E-state index contributed by atoms with van der Waals surface area (Å²) in [5, 5.41) is 10.3. The molecule has 0 aliphatic carbocycles. The third kappa shape index (κ3) is 4.89. The molecule has 0 saturated carbocycles. The Labute approximate surface area is 294 Å². The van der Waals surface area contributed by atoms with Crippen LogP contribution in [0.5, 0.6) is 11.8 Å². The lowest BCUT2D eigenvalue weighted by Gasteiger charge is -2.35. The number of anilines is 3. The predicted molar refractivity (Wildman–Crippen MR) is 187 cm³/mol. The summed E-state index contributed by atoms with van der Waals surface area (Å²) < 4.78 is 59.8. The van der Waals surface area contributed by atoms with E-state index in [-0.39, 0.29) is 78.7 Å². The molecule has 2 fully saturated rings. The monoisotopic (exact) mass is 720 g/mol. The van der Waals surface area contributed by atoms with Crippen molar-refractivity contribution in [3.63, 3.8) is 0 Å². The summed E-state index contributed by atoms with van der Waals surface area (Å²) in [5.74, 6) is -0.711. The molecule has 0 spiro atoms. The lowest BCUT2D eigenvalue weighted by Crippen LogP contribution is -2.43. The van der Waals surface area contributed by atoms with Gasteiger partial charge in [0.15, 0.2) is 11.6 Å². The highest BCUT2D eigenvalue weighted by molar-refractivity contribution is 7.23. The van der Waals surface area contributed by atoms with Crippen LogP contribution in [0.2, 0.25) is 5.02 Å². The SMILES string of the molecule is C[C@@H]1COc2c(Cl)c(-c3ccc(F)c4sc(N)c(C#N)c34)c(F)c3nc(OC[C@@]45CCCN4C[C@H](F)C5)nc(c23)N1[C@H](C)c1cccnc1N. The number of nitrogen functional groups attached to an aromatic ring is 2. The minimum absolute atomic E-state index is 0.0139. The van der Waals surface area contributed by atoms with Gasteiger partial charge in [0.25, 0.3) is 0 Å². The molecule has 5 aromatic rings. The van der Waals surface area contributed by atoms with Gasteiger partial charge in [-0.05, 0) is 50.9 Å². The van der Waals surface area contributed by atoms with Crippen LogP contribution < -0.4 is 25.8 Å². The van der Waals surface area contributed by atoms with Gasteiger partial charge in [0.05, 0.1) is 38.3 Å². The molecule has 4 atom stereocenters. The zero-order chi connectivity index (χ0) is 35.1. The van der Waals surface area contributed by atoms with Crippen molar-refractivity contribution in [2.45, 2.75) is 56.9 Å². The number of pyridine rings is 1. The summed E-state index contributed by atoms with van der Waals surface area (Å²) >= 11 is 7.98. The van der Waals surface area contributed by atoms with E-state index in [1.807, 2.05) is 30.9 Å². The van der Waals surface area contributed by atoms with Crippen LogP contribution in [0.3, 0.4) is 0 Å². The summed E-state index contributed by atoms with van der Waals surface area (Å²) in [4.78, 5) is 17.8. The second-order valence-electron chi connectivity index (χ2n) is 13.2. The third-order valence-corrected chi connectivity index (χ3v) is 11.7. The van der Waals surface area contributed by atoms with E-state index in [9.17, 15) is 9.65 Å². The Hall–Kier alpha value is -4.58. The number of fused-ring (bicyclic) bond motifs is 2.